The van der Waals surface area contributed by atoms with Gasteiger partial charge in [-0.2, -0.15) is 0 Å². The lowest BCUT2D eigenvalue weighted by Gasteiger charge is -2.21. The zero-order valence-corrected chi connectivity index (χ0v) is 14.3. The Hall–Kier alpha value is -2.33. The Morgan fingerprint density at radius 3 is 2.62 bits per heavy atom. The summed E-state index contributed by atoms with van der Waals surface area (Å²) in [6.45, 7) is 2.61. The second-order valence-electron chi connectivity index (χ2n) is 5.68. The van der Waals surface area contributed by atoms with Crippen molar-refractivity contribution in [2.24, 2.45) is 7.05 Å². The SMILES string of the molecule is CCN(Cc1ccccc1F)C(=O)c1cc2cccc(Cl)c2n1C. The van der Waals surface area contributed by atoms with Crippen LogP contribution in [0.3, 0.4) is 0 Å². The third-order valence-corrected chi connectivity index (χ3v) is 4.52. The van der Waals surface area contributed by atoms with Gasteiger partial charge in [0.2, 0.25) is 0 Å². The topological polar surface area (TPSA) is 25.2 Å². The van der Waals surface area contributed by atoms with Gasteiger partial charge in [0, 0.05) is 31.1 Å². The van der Waals surface area contributed by atoms with E-state index >= 15 is 0 Å². The molecule has 0 atom stereocenters. The molecule has 0 unspecified atom stereocenters. The normalized spacial score (nSPS) is 11.0. The number of carbonyl (C=O) groups is 1. The molecule has 3 rings (SSSR count). The predicted octanol–water partition coefficient (Wildman–Crippen LogP) is 4.63. The van der Waals surface area contributed by atoms with Gasteiger partial charge in [0.25, 0.3) is 5.91 Å². The van der Waals surface area contributed by atoms with Crippen LogP contribution in [-0.4, -0.2) is 21.9 Å². The Morgan fingerprint density at radius 1 is 1.21 bits per heavy atom. The fourth-order valence-corrected chi connectivity index (χ4v) is 3.20. The quantitative estimate of drug-likeness (QED) is 0.677. The van der Waals surface area contributed by atoms with Gasteiger partial charge in [0.05, 0.1) is 10.5 Å². The summed E-state index contributed by atoms with van der Waals surface area (Å²) in [4.78, 5) is 14.6. The Morgan fingerprint density at radius 2 is 1.96 bits per heavy atom. The molecule has 1 heterocycles. The van der Waals surface area contributed by atoms with Crippen molar-refractivity contribution in [2.75, 3.05) is 6.54 Å². The van der Waals surface area contributed by atoms with Crippen molar-refractivity contribution >= 4 is 28.4 Å². The van der Waals surface area contributed by atoms with E-state index in [0.29, 0.717) is 22.8 Å². The molecular weight excluding hydrogens is 327 g/mol. The van der Waals surface area contributed by atoms with Gasteiger partial charge in [0.15, 0.2) is 0 Å². The van der Waals surface area contributed by atoms with Crippen LogP contribution in [0.25, 0.3) is 10.9 Å². The lowest BCUT2D eigenvalue weighted by Crippen LogP contribution is -2.31. The number of fused-ring (bicyclic) bond motifs is 1. The van der Waals surface area contributed by atoms with Crippen LogP contribution in [0.5, 0.6) is 0 Å². The van der Waals surface area contributed by atoms with Crippen molar-refractivity contribution in [3.05, 3.63) is 70.6 Å². The highest BCUT2D eigenvalue weighted by molar-refractivity contribution is 6.35. The molecule has 0 N–H and O–H groups in total. The van der Waals surface area contributed by atoms with E-state index in [1.807, 2.05) is 32.2 Å². The lowest BCUT2D eigenvalue weighted by atomic mass is 10.2. The Kier molecular flexibility index (Phi) is 4.58. The minimum Gasteiger partial charge on any atom is -0.338 e. The number of carbonyl (C=O) groups excluding carboxylic acids is 1. The van der Waals surface area contributed by atoms with E-state index < -0.39 is 0 Å². The first-order valence-corrected chi connectivity index (χ1v) is 8.17. The summed E-state index contributed by atoms with van der Waals surface area (Å²) in [5.41, 5.74) is 1.87. The molecule has 5 heteroatoms. The lowest BCUT2D eigenvalue weighted by molar-refractivity contribution is 0.0742. The van der Waals surface area contributed by atoms with E-state index in [1.54, 1.807) is 33.7 Å². The van der Waals surface area contributed by atoms with Gasteiger partial charge in [-0.25, -0.2) is 4.39 Å². The summed E-state index contributed by atoms with van der Waals surface area (Å²) in [6, 6.07) is 13.9. The van der Waals surface area contributed by atoms with E-state index in [2.05, 4.69) is 0 Å². The van der Waals surface area contributed by atoms with Gasteiger partial charge in [0.1, 0.15) is 11.5 Å². The number of hydrogen-bond acceptors (Lipinski definition) is 1. The van der Waals surface area contributed by atoms with Crippen LogP contribution >= 0.6 is 11.6 Å². The zero-order valence-electron chi connectivity index (χ0n) is 13.6. The Bertz CT molecular complexity index is 904. The number of para-hydroxylation sites is 1. The van der Waals surface area contributed by atoms with Crippen molar-refractivity contribution in [1.82, 2.24) is 9.47 Å². The van der Waals surface area contributed by atoms with E-state index in [1.165, 1.54) is 6.07 Å². The molecule has 2 aromatic carbocycles. The molecule has 3 aromatic rings. The largest absolute Gasteiger partial charge is 0.338 e. The first kappa shape index (κ1) is 16.5. The molecule has 0 fully saturated rings. The minimum absolute atomic E-state index is 0.143. The molecule has 0 saturated carbocycles. The second-order valence-corrected chi connectivity index (χ2v) is 6.08. The van der Waals surface area contributed by atoms with Crippen molar-refractivity contribution < 1.29 is 9.18 Å². The van der Waals surface area contributed by atoms with E-state index in [9.17, 15) is 9.18 Å². The third-order valence-electron chi connectivity index (χ3n) is 4.21. The summed E-state index contributed by atoms with van der Waals surface area (Å²) in [5, 5.41) is 1.52. The molecule has 0 bridgehead atoms. The molecule has 1 aromatic heterocycles. The highest BCUT2D eigenvalue weighted by Crippen LogP contribution is 2.27. The second kappa shape index (κ2) is 6.65. The molecule has 124 valence electrons. The van der Waals surface area contributed by atoms with Gasteiger partial charge in [-0.1, -0.05) is 41.9 Å². The summed E-state index contributed by atoms with van der Waals surface area (Å²) < 4.78 is 15.7. The van der Waals surface area contributed by atoms with Crippen LogP contribution in [0.2, 0.25) is 5.02 Å². The maximum atomic E-state index is 13.9. The maximum absolute atomic E-state index is 13.9. The van der Waals surface area contributed by atoms with Gasteiger partial charge in [-0.3, -0.25) is 4.79 Å². The van der Waals surface area contributed by atoms with Gasteiger partial charge in [-0.05, 0) is 25.1 Å². The van der Waals surface area contributed by atoms with Crippen molar-refractivity contribution in [3.8, 4) is 0 Å². The summed E-state index contributed by atoms with van der Waals surface area (Å²) >= 11 is 6.25. The number of aromatic nitrogens is 1. The number of rotatable bonds is 4. The smallest absolute Gasteiger partial charge is 0.270 e. The summed E-state index contributed by atoms with van der Waals surface area (Å²) in [6.07, 6.45) is 0. The molecule has 0 spiro atoms. The number of amides is 1. The fourth-order valence-electron chi connectivity index (χ4n) is 2.89. The third kappa shape index (κ3) is 2.89. The van der Waals surface area contributed by atoms with Gasteiger partial charge >= 0.3 is 0 Å². The van der Waals surface area contributed by atoms with Crippen LogP contribution in [0.4, 0.5) is 4.39 Å². The van der Waals surface area contributed by atoms with Crippen LogP contribution in [0, 0.1) is 5.82 Å². The molecule has 0 radical (unpaired) electrons. The van der Waals surface area contributed by atoms with Gasteiger partial charge < -0.3 is 9.47 Å². The Labute approximate surface area is 145 Å². The molecule has 0 aliphatic rings. The molecular formula is C19H18ClFN2O. The standard InChI is InChI=1S/C19H18ClFN2O/c1-3-23(12-14-7-4-5-10-16(14)21)19(24)17-11-13-8-6-9-15(20)18(13)22(17)2/h4-11H,3,12H2,1-2H3. The average Bonchev–Trinajstić information content (AvgIpc) is 2.92. The van der Waals surface area contributed by atoms with Crippen molar-refractivity contribution in [1.29, 1.82) is 0 Å². The number of nitrogens with zero attached hydrogens (tertiary/aromatic N) is 2. The van der Waals surface area contributed by atoms with Crippen LogP contribution in [0.1, 0.15) is 23.0 Å². The van der Waals surface area contributed by atoms with Crippen molar-refractivity contribution in [2.45, 2.75) is 13.5 Å². The van der Waals surface area contributed by atoms with E-state index in [0.717, 1.165) is 10.9 Å². The highest BCUT2D eigenvalue weighted by atomic mass is 35.5. The average molecular weight is 345 g/mol. The van der Waals surface area contributed by atoms with Gasteiger partial charge in [-0.15, -0.1) is 0 Å². The monoisotopic (exact) mass is 344 g/mol. The number of aryl methyl sites for hydroxylation is 1. The van der Waals surface area contributed by atoms with Crippen LogP contribution in [0.15, 0.2) is 48.5 Å². The zero-order chi connectivity index (χ0) is 17.3. The Balaban J connectivity index is 1.96. The first-order valence-electron chi connectivity index (χ1n) is 7.79. The number of hydrogen-bond donors (Lipinski definition) is 0. The molecule has 0 aliphatic heterocycles. The molecule has 1 amide bonds. The maximum Gasteiger partial charge on any atom is 0.270 e. The molecule has 3 nitrogen and oxygen atoms in total. The summed E-state index contributed by atoms with van der Waals surface area (Å²) in [5.74, 6) is -0.445. The molecule has 0 aliphatic carbocycles. The first-order chi connectivity index (χ1) is 11.5. The van der Waals surface area contributed by atoms with Crippen LogP contribution in [-0.2, 0) is 13.6 Å². The fraction of sp³-hybridized carbons (Fsp3) is 0.211. The van der Waals surface area contributed by atoms with Crippen LogP contribution < -0.4 is 0 Å². The molecule has 0 saturated heterocycles. The summed E-state index contributed by atoms with van der Waals surface area (Å²) in [7, 11) is 1.82. The number of benzene rings is 2. The van der Waals surface area contributed by atoms with E-state index in [-0.39, 0.29) is 18.3 Å². The van der Waals surface area contributed by atoms with E-state index in [4.69, 9.17) is 11.6 Å². The minimum atomic E-state index is -0.302. The highest BCUT2D eigenvalue weighted by Gasteiger charge is 2.21. The number of halogens is 2. The van der Waals surface area contributed by atoms with Crippen molar-refractivity contribution in [3.63, 3.8) is 0 Å². The molecule has 24 heavy (non-hydrogen) atoms. The predicted molar refractivity (Wildman–Crippen MR) is 94.7 cm³/mol.